The van der Waals surface area contributed by atoms with Crippen LogP contribution in [0, 0.1) is 17.5 Å². The van der Waals surface area contributed by atoms with Crippen LogP contribution in [0.25, 0.3) is 22.0 Å². The van der Waals surface area contributed by atoms with E-state index in [2.05, 4.69) is 9.88 Å². The van der Waals surface area contributed by atoms with E-state index in [0.717, 1.165) is 36.9 Å². The van der Waals surface area contributed by atoms with E-state index >= 15 is 0 Å². The molecule has 0 saturated carbocycles. The number of carbonyl (C=O) groups is 1. The third-order valence-electron chi connectivity index (χ3n) is 8.80. The average Bonchev–Trinajstić information content (AvgIpc) is 3.11. The van der Waals surface area contributed by atoms with Gasteiger partial charge in [-0.2, -0.15) is 18.2 Å². The summed E-state index contributed by atoms with van der Waals surface area (Å²) in [5.41, 5.74) is 0.751. The van der Waals surface area contributed by atoms with Crippen LogP contribution in [0.15, 0.2) is 89.7 Å². The van der Waals surface area contributed by atoms with Crippen LogP contribution in [0.2, 0.25) is 0 Å². The Morgan fingerprint density at radius 3 is 2.04 bits per heavy atom. The molecule has 12 heteroatoms. The van der Waals surface area contributed by atoms with Crippen molar-refractivity contribution in [2.75, 3.05) is 26.2 Å². The number of nitrogens with zero attached hydrogens (tertiary/aromatic N) is 4. The van der Waals surface area contributed by atoms with E-state index in [1.807, 2.05) is 26.0 Å². The number of fused-ring (bicyclic) bond motifs is 1. The molecule has 0 N–H and O–H groups in total. The molecule has 0 atom stereocenters. The number of alkyl halides is 3. The van der Waals surface area contributed by atoms with Gasteiger partial charge in [0.25, 0.3) is 5.56 Å². The van der Waals surface area contributed by atoms with Crippen LogP contribution in [-0.4, -0.2) is 51.4 Å². The molecule has 0 spiro atoms. The number of likely N-dealkylation sites (N-methyl/N-ethyl adjacent to an activating group) is 1. The minimum atomic E-state index is -4.43. The standard InChI is InChI=1S/C38H36F6N4O2/c1-3-46(4-2)21-22-47(23-25-9-11-26(12-10-25)27-13-15-28(16-14-27)38(42,43)44)35(49)24-48-33-8-6-5-7-30(33)37(50)45-34(48)20-17-29-31(39)18-19-32(40)36(29)41/h5-16,18-19H,3-4,17,20-24H2,1-2H3. The lowest BCUT2D eigenvalue weighted by Crippen LogP contribution is -2.40. The Morgan fingerprint density at radius 1 is 0.780 bits per heavy atom. The normalized spacial score (nSPS) is 11.8. The van der Waals surface area contributed by atoms with Gasteiger partial charge in [-0.25, -0.2) is 13.2 Å². The molecule has 0 aliphatic heterocycles. The molecule has 5 rings (SSSR count). The highest BCUT2D eigenvalue weighted by atomic mass is 19.4. The molecule has 4 aromatic carbocycles. The van der Waals surface area contributed by atoms with Gasteiger partial charge in [-0.05, 0) is 72.6 Å². The van der Waals surface area contributed by atoms with E-state index in [0.29, 0.717) is 35.8 Å². The molecule has 0 fully saturated rings. The Bertz CT molecular complexity index is 2010. The number of benzene rings is 4. The number of amides is 1. The van der Waals surface area contributed by atoms with E-state index in [9.17, 15) is 35.9 Å². The largest absolute Gasteiger partial charge is 0.416 e. The highest BCUT2D eigenvalue weighted by Gasteiger charge is 2.30. The minimum absolute atomic E-state index is 0.120. The zero-order valence-corrected chi connectivity index (χ0v) is 27.6. The first-order valence-electron chi connectivity index (χ1n) is 16.3. The molecule has 0 radical (unpaired) electrons. The number of carbonyl (C=O) groups excluding carboxylic acids is 1. The summed E-state index contributed by atoms with van der Waals surface area (Å²) in [5.74, 6) is -3.63. The second kappa shape index (κ2) is 15.7. The smallest absolute Gasteiger partial charge is 0.336 e. The molecule has 0 aliphatic carbocycles. The number of hydrogen-bond acceptors (Lipinski definition) is 4. The van der Waals surface area contributed by atoms with Gasteiger partial charge in [-0.1, -0.05) is 62.4 Å². The van der Waals surface area contributed by atoms with Crippen LogP contribution >= 0.6 is 0 Å². The summed E-state index contributed by atoms with van der Waals surface area (Å²) in [6, 6.07) is 20.2. The van der Waals surface area contributed by atoms with Gasteiger partial charge in [-0.15, -0.1) is 0 Å². The minimum Gasteiger partial charge on any atom is -0.336 e. The monoisotopic (exact) mass is 694 g/mol. The maximum atomic E-state index is 14.5. The molecule has 6 nitrogen and oxygen atoms in total. The fourth-order valence-electron chi connectivity index (χ4n) is 5.87. The first-order valence-corrected chi connectivity index (χ1v) is 16.3. The van der Waals surface area contributed by atoms with Crippen LogP contribution in [0.1, 0.15) is 36.4 Å². The summed E-state index contributed by atoms with van der Waals surface area (Å²) < 4.78 is 83.5. The van der Waals surface area contributed by atoms with Gasteiger partial charge in [-0.3, -0.25) is 9.59 Å². The Hall–Kier alpha value is -4.97. The molecule has 50 heavy (non-hydrogen) atoms. The maximum Gasteiger partial charge on any atom is 0.416 e. The van der Waals surface area contributed by atoms with Crippen LogP contribution < -0.4 is 5.56 Å². The first kappa shape index (κ1) is 36.3. The fourth-order valence-corrected chi connectivity index (χ4v) is 5.87. The second-order valence-corrected chi connectivity index (χ2v) is 11.9. The average molecular weight is 695 g/mol. The molecular formula is C38H36F6N4O2. The Morgan fingerprint density at radius 2 is 1.40 bits per heavy atom. The number of aromatic nitrogens is 2. The Kier molecular flexibility index (Phi) is 11.4. The summed E-state index contributed by atoms with van der Waals surface area (Å²) in [5, 5.41) is 0.265. The van der Waals surface area contributed by atoms with E-state index in [1.165, 1.54) is 12.1 Å². The number of halogens is 6. The van der Waals surface area contributed by atoms with E-state index in [1.54, 1.807) is 45.9 Å². The third kappa shape index (κ3) is 8.42. The summed E-state index contributed by atoms with van der Waals surface area (Å²) in [6.07, 6.45) is -4.88. The Labute approximate surface area is 285 Å². The predicted molar refractivity (Wildman–Crippen MR) is 180 cm³/mol. The van der Waals surface area contributed by atoms with Crippen molar-refractivity contribution in [1.29, 1.82) is 0 Å². The molecule has 0 bridgehead atoms. The van der Waals surface area contributed by atoms with Gasteiger partial charge in [0.15, 0.2) is 11.6 Å². The van der Waals surface area contributed by atoms with Crippen molar-refractivity contribution in [2.24, 2.45) is 0 Å². The van der Waals surface area contributed by atoms with Gasteiger partial charge < -0.3 is 14.4 Å². The highest BCUT2D eigenvalue weighted by molar-refractivity contribution is 5.82. The lowest BCUT2D eigenvalue weighted by atomic mass is 10.0. The molecule has 1 aromatic heterocycles. The van der Waals surface area contributed by atoms with Crippen molar-refractivity contribution in [3.8, 4) is 11.1 Å². The van der Waals surface area contributed by atoms with Crippen molar-refractivity contribution >= 4 is 16.8 Å². The number of hydrogen-bond donors (Lipinski definition) is 0. The number of aryl methyl sites for hydroxylation is 1. The summed E-state index contributed by atoms with van der Waals surface area (Å²) in [4.78, 5) is 35.1. The maximum absolute atomic E-state index is 14.5. The highest BCUT2D eigenvalue weighted by Crippen LogP contribution is 2.31. The third-order valence-corrected chi connectivity index (χ3v) is 8.80. The van der Waals surface area contributed by atoms with Gasteiger partial charge >= 0.3 is 6.18 Å². The lowest BCUT2D eigenvalue weighted by molar-refractivity contribution is -0.137. The zero-order valence-electron chi connectivity index (χ0n) is 27.6. The van der Waals surface area contributed by atoms with Crippen LogP contribution in [0.3, 0.4) is 0 Å². The van der Waals surface area contributed by atoms with Crippen molar-refractivity contribution in [3.05, 3.63) is 135 Å². The van der Waals surface area contributed by atoms with Gasteiger partial charge in [0, 0.05) is 31.6 Å². The van der Waals surface area contributed by atoms with Crippen molar-refractivity contribution in [1.82, 2.24) is 19.4 Å². The summed E-state index contributed by atoms with van der Waals surface area (Å²) >= 11 is 0. The van der Waals surface area contributed by atoms with Crippen LogP contribution in [0.4, 0.5) is 26.3 Å². The molecule has 0 aliphatic rings. The summed E-state index contributed by atoms with van der Waals surface area (Å²) in [7, 11) is 0. The van der Waals surface area contributed by atoms with Gasteiger partial charge in [0.05, 0.1) is 16.5 Å². The topological polar surface area (TPSA) is 58.4 Å². The second-order valence-electron chi connectivity index (χ2n) is 11.9. The van der Waals surface area contributed by atoms with Crippen LogP contribution in [0.5, 0.6) is 0 Å². The fraction of sp³-hybridized carbons (Fsp3) is 0.289. The van der Waals surface area contributed by atoms with Crippen molar-refractivity contribution in [2.45, 2.75) is 46.0 Å². The quantitative estimate of drug-likeness (QED) is 0.0939. The first-order chi connectivity index (χ1) is 23.9. The van der Waals surface area contributed by atoms with Gasteiger partial charge in [0.1, 0.15) is 18.2 Å². The number of para-hydroxylation sites is 1. The van der Waals surface area contributed by atoms with E-state index in [4.69, 9.17) is 0 Å². The van der Waals surface area contributed by atoms with Crippen molar-refractivity contribution < 1.29 is 31.1 Å². The van der Waals surface area contributed by atoms with E-state index < -0.39 is 40.3 Å². The molecule has 5 aromatic rings. The molecule has 262 valence electrons. The molecule has 0 saturated heterocycles. The SMILES string of the molecule is CCN(CC)CCN(Cc1ccc(-c2ccc(C(F)(F)F)cc2)cc1)C(=O)Cn1c(CCc2c(F)ccc(F)c2F)nc(=O)c2ccccc21. The number of rotatable bonds is 13. The zero-order chi connectivity index (χ0) is 36.0. The molecule has 1 amide bonds. The lowest BCUT2D eigenvalue weighted by Gasteiger charge is -2.28. The van der Waals surface area contributed by atoms with E-state index in [-0.39, 0.29) is 43.0 Å². The Balaban J connectivity index is 1.43. The molecular weight excluding hydrogens is 658 g/mol. The molecule has 0 unspecified atom stereocenters. The predicted octanol–water partition coefficient (Wildman–Crippen LogP) is 7.66. The summed E-state index contributed by atoms with van der Waals surface area (Å²) in [6.45, 7) is 6.50. The molecule has 1 heterocycles. The van der Waals surface area contributed by atoms with Crippen LogP contribution in [-0.2, 0) is 36.9 Å². The van der Waals surface area contributed by atoms with Crippen molar-refractivity contribution in [3.63, 3.8) is 0 Å². The van der Waals surface area contributed by atoms with Gasteiger partial charge in [0.2, 0.25) is 5.91 Å².